The number of nitrogens with zero attached hydrogens (tertiary/aromatic N) is 7. The Morgan fingerprint density at radius 3 is 2.64 bits per heavy atom. The smallest absolute Gasteiger partial charge is 0.249 e. The topological polar surface area (TPSA) is 103 Å². The third-order valence-electron chi connectivity index (χ3n) is 4.80. The third kappa shape index (κ3) is 3.00. The van der Waals surface area contributed by atoms with Crippen molar-refractivity contribution >= 4 is 16.9 Å². The average Bonchev–Trinajstić information content (AvgIpc) is 3.46. The molecular formula is C19H17N7O2. The highest BCUT2D eigenvalue weighted by molar-refractivity contribution is 5.77. The Morgan fingerprint density at radius 1 is 1.11 bits per heavy atom. The number of hydrogen-bond donors (Lipinski definition) is 0. The summed E-state index contributed by atoms with van der Waals surface area (Å²) >= 11 is 0. The summed E-state index contributed by atoms with van der Waals surface area (Å²) in [6, 6.07) is 12.8. The second-order valence-corrected chi connectivity index (χ2v) is 6.64. The summed E-state index contributed by atoms with van der Waals surface area (Å²) in [5.74, 6) is 0.792. The molecule has 4 aromatic rings. The van der Waals surface area contributed by atoms with Gasteiger partial charge in [-0.05, 0) is 37.1 Å². The molecule has 1 fully saturated rings. The summed E-state index contributed by atoms with van der Waals surface area (Å²) < 4.78 is 5.45. The molecule has 28 heavy (non-hydrogen) atoms. The van der Waals surface area contributed by atoms with E-state index in [4.69, 9.17) is 4.52 Å². The number of carbonyl (C=O) groups excluding carboxylic acids is 1. The lowest BCUT2D eigenvalue weighted by atomic mass is 10.2. The SMILES string of the molecule is O=C(Cn1nc2ccccc2n1)N1CCCC1c1nc(-c2ccccn2)no1. The van der Waals surface area contributed by atoms with E-state index in [2.05, 4.69) is 25.3 Å². The summed E-state index contributed by atoms with van der Waals surface area (Å²) in [4.78, 5) is 24.8. The molecule has 9 nitrogen and oxygen atoms in total. The highest BCUT2D eigenvalue weighted by atomic mass is 16.5. The van der Waals surface area contributed by atoms with Gasteiger partial charge in [-0.15, -0.1) is 0 Å². The zero-order valence-corrected chi connectivity index (χ0v) is 15.0. The summed E-state index contributed by atoms with van der Waals surface area (Å²) in [5, 5.41) is 12.7. The molecule has 1 aromatic carbocycles. The quantitative estimate of drug-likeness (QED) is 0.539. The van der Waals surface area contributed by atoms with Gasteiger partial charge in [0.1, 0.15) is 29.3 Å². The molecule has 0 bridgehead atoms. The van der Waals surface area contributed by atoms with Gasteiger partial charge in [0.05, 0.1) is 0 Å². The zero-order valence-electron chi connectivity index (χ0n) is 15.0. The van der Waals surface area contributed by atoms with Crippen molar-refractivity contribution in [3.63, 3.8) is 0 Å². The lowest BCUT2D eigenvalue weighted by molar-refractivity contribution is -0.133. The molecule has 0 spiro atoms. The van der Waals surface area contributed by atoms with Crippen LogP contribution < -0.4 is 0 Å². The first-order chi connectivity index (χ1) is 13.8. The molecule has 1 aliphatic heterocycles. The van der Waals surface area contributed by atoms with Gasteiger partial charge in [-0.1, -0.05) is 23.4 Å². The number of fused-ring (bicyclic) bond motifs is 1. The van der Waals surface area contributed by atoms with Gasteiger partial charge in [-0.3, -0.25) is 9.78 Å². The molecular weight excluding hydrogens is 358 g/mol. The number of benzene rings is 1. The minimum Gasteiger partial charge on any atom is -0.337 e. The van der Waals surface area contributed by atoms with E-state index in [0.29, 0.717) is 24.0 Å². The van der Waals surface area contributed by atoms with Crippen molar-refractivity contribution in [1.82, 2.24) is 35.0 Å². The van der Waals surface area contributed by atoms with Crippen LogP contribution in [0.2, 0.25) is 0 Å². The standard InChI is InChI=1S/C19H17N7O2/c27-17(12-26-22-13-6-1-2-7-14(13)23-26)25-11-5-9-16(25)19-21-18(24-28-19)15-8-3-4-10-20-15/h1-4,6-8,10,16H,5,9,11-12H2. The van der Waals surface area contributed by atoms with Gasteiger partial charge in [0, 0.05) is 12.7 Å². The second kappa shape index (κ2) is 6.84. The molecule has 3 aromatic heterocycles. The van der Waals surface area contributed by atoms with Crippen LogP contribution in [0, 0.1) is 0 Å². The van der Waals surface area contributed by atoms with E-state index < -0.39 is 0 Å². The third-order valence-corrected chi connectivity index (χ3v) is 4.80. The fourth-order valence-corrected chi connectivity index (χ4v) is 3.48. The number of aromatic nitrogens is 6. The largest absolute Gasteiger partial charge is 0.337 e. The maximum Gasteiger partial charge on any atom is 0.249 e. The minimum absolute atomic E-state index is 0.0691. The van der Waals surface area contributed by atoms with E-state index in [1.54, 1.807) is 11.1 Å². The van der Waals surface area contributed by atoms with Gasteiger partial charge >= 0.3 is 0 Å². The Bertz CT molecular complexity index is 1090. The first-order valence-electron chi connectivity index (χ1n) is 9.12. The number of rotatable bonds is 4. The molecule has 4 heterocycles. The Morgan fingerprint density at radius 2 is 1.89 bits per heavy atom. The monoisotopic (exact) mass is 375 g/mol. The van der Waals surface area contributed by atoms with Crippen LogP contribution in [0.4, 0.5) is 0 Å². The van der Waals surface area contributed by atoms with Crippen molar-refractivity contribution in [2.75, 3.05) is 6.54 Å². The molecule has 0 aliphatic carbocycles. The van der Waals surface area contributed by atoms with Crippen molar-refractivity contribution in [2.24, 2.45) is 0 Å². The van der Waals surface area contributed by atoms with E-state index in [-0.39, 0.29) is 18.5 Å². The zero-order chi connectivity index (χ0) is 18.9. The van der Waals surface area contributed by atoms with Crippen LogP contribution in [-0.2, 0) is 11.3 Å². The van der Waals surface area contributed by atoms with Crippen molar-refractivity contribution in [3.05, 3.63) is 54.6 Å². The fourth-order valence-electron chi connectivity index (χ4n) is 3.48. The van der Waals surface area contributed by atoms with Crippen molar-refractivity contribution in [2.45, 2.75) is 25.4 Å². The minimum atomic E-state index is -0.234. The molecule has 9 heteroatoms. The first-order valence-corrected chi connectivity index (χ1v) is 9.12. The normalized spacial score (nSPS) is 16.7. The molecule has 1 saturated heterocycles. The van der Waals surface area contributed by atoms with E-state index >= 15 is 0 Å². The van der Waals surface area contributed by atoms with Crippen LogP contribution in [0.15, 0.2) is 53.2 Å². The van der Waals surface area contributed by atoms with Gasteiger partial charge in [0.15, 0.2) is 0 Å². The summed E-state index contributed by atoms with van der Waals surface area (Å²) in [6.07, 6.45) is 3.34. The molecule has 1 atom stereocenters. The molecule has 1 unspecified atom stereocenters. The summed E-state index contributed by atoms with van der Waals surface area (Å²) in [6.45, 7) is 0.720. The number of carbonyl (C=O) groups is 1. The number of amides is 1. The van der Waals surface area contributed by atoms with E-state index in [1.807, 2.05) is 42.5 Å². The Kier molecular flexibility index (Phi) is 4.04. The van der Waals surface area contributed by atoms with Crippen LogP contribution in [0.3, 0.4) is 0 Å². The molecule has 5 rings (SSSR count). The summed E-state index contributed by atoms with van der Waals surface area (Å²) in [7, 11) is 0. The van der Waals surface area contributed by atoms with Crippen LogP contribution in [-0.4, -0.2) is 47.5 Å². The predicted octanol–water partition coefficient (Wildman–Crippen LogP) is 2.24. The molecule has 0 N–H and O–H groups in total. The van der Waals surface area contributed by atoms with E-state index in [9.17, 15) is 4.79 Å². The number of likely N-dealkylation sites (tertiary alicyclic amines) is 1. The molecule has 140 valence electrons. The average molecular weight is 375 g/mol. The fraction of sp³-hybridized carbons (Fsp3) is 0.263. The Balaban J connectivity index is 1.35. The van der Waals surface area contributed by atoms with Crippen LogP contribution in [0.1, 0.15) is 24.8 Å². The van der Waals surface area contributed by atoms with Crippen LogP contribution >= 0.6 is 0 Å². The van der Waals surface area contributed by atoms with Gasteiger partial charge in [0.25, 0.3) is 0 Å². The van der Waals surface area contributed by atoms with Gasteiger partial charge in [0.2, 0.25) is 17.6 Å². The first kappa shape index (κ1) is 16.5. The maximum absolute atomic E-state index is 12.9. The van der Waals surface area contributed by atoms with Gasteiger partial charge in [-0.2, -0.15) is 20.0 Å². The number of pyridine rings is 1. The highest BCUT2D eigenvalue weighted by Gasteiger charge is 2.34. The molecule has 1 aliphatic rings. The van der Waals surface area contributed by atoms with Crippen molar-refractivity contribution < 1.29 is 9.32 Å². The van der Waals surface area contributed by atoms with Crippen LogP contribution in [0.5, 0.6) is 0 Å². The Hall–Kier alpha value is -3.62. The van der Waals surface area contributed by atoms with Crippen LogP contribution in [0.25, 0.3) is 22.6 Å². The van der Waals surface area contributed by atoms with Gasteiger partial charge in [-0.25, -0.2) is 0 Å². The highest BCUT2D eigenvalue weighted by Crippen LogP contribution is 2.32. The Labute approximate surface area is 160 Å². The van der Waals surface area contributed by atoms with Crippen molar-refractivity contribution in [3.8, 4) is 11.5 Å². The van der Waals surface area contributed by atoms with E-state index in [1.165, 1.54) is 4.80 Å². The predicted molar refractivity (Wildman–Crippen MR) is 98.7 cm³/mol. The lowest BCUT2D eigenvalue weighted by Crippen LogP contribution is -2.34. The lowest BCUT2D eigenvalue weighted by Gasteiger charge is -2.21. The molecule has 0 saturated carbocycles. The number of hydrogen-bond acceptors (Lipinski definition) is 7. The van der Waals surface area contributed by atoms with Gasteiger partial charge < -0.3 is 9.42 Å². The molecule has 0 radical (unpaired) electrons. The van der Waals surface area contributed by atoms with E-state index in [0.717, 1.165) is 23.9 Å². The summed E-state index contributed by atoms with van der Waals surface area (Å²) in [5.41, 5.74) is 2.18. The molecule has 1 amide bonds. The second-order valence-electron chi connectivity index (χ2n) is 6.64. The maximum atomic E-state index is 12.9. The van der Waals surface area contributed by atoms with Crippen molar-refractivity contribution in [1.29, 1.82) is 0 Å².